The normalized spacial score (nSPS) is 10.1. The molecule has 2 rings (SSSR count). The molecule has 0 heterocycles. The van der Waals surface area contributed by atoms with E-state index in [0.29, 0.717) is 0 Å². The lowest BCUT2D eigenvalue weighted by molar-refractivity contribution is -0.385. The van der Waals surface area contributed by atoms with Crippen LogP contribution in [-0.2, 0) is 6.61 Å². The van der Waals surface area contributed by atoms with Gasteiger partial charge in [-0.1, -0.05) is 24.3 Å². The van der Waals surface area contributed by atoms with Gasteiger partial charge in [0.15, 0.2) is 5.75 Å². The van der Waals surface area contributed by atoms with Crippen molar-refractivity contribution in [1.29, 1.82) is 0 Å². The first-order valence-corrected chi connectivity index (χ1v) is 5.87. The van der Waals surface area contributed by atoms with E-state index in [1.54, 1.807) is 6.07 Å². The highest BCUT2D eigenvalue weighted by Gasteiger charge is 2.17. The molecular formula is C14H10FNO5. The molecule has 0 unspecified atom stereocenters. The number of nitro benzene ring substituents is 1. The van der Waals surface area contributed by atoms with Crippen molar-refractivity contribution in [3.8, 4) is 5.75 Å². The van der Waals surface area contributed by atoms with Crippen molar-refractivity contribution in [3.05, 3.63) is 69.5 Å². The summed E-state index contributed by atoms with van der Waals surface area (Å²) in [6.45, 7) is -0.308. The van der Waals surface area contributed by atoms with Gasteiger partial charge in [0.2, 0.25) is 0 Å². The predicted octanol–water partition coefficient (Wildman–Crippen LogP) is 3.01. The maximum Gasteiger partial charge on any atom is 0.338 e. The molecule has 0 atom stereocenters. The summed E-state index contributed by atoms with van der Waals surface area (Å²) in [6, 6.07) is 9.55. The Morgan fingerprint density at radius 2 is 1.95 bits per heavy atom. The third-order valence-corrected chi connectivity index (χ3v) is 2.75. The number of rotatable bonds is 5. The molecule has 0 amide bonds. The van der Waals surface area contributed by atoms with E-state index in [-0.39, 0.29) is 23.6 Å². The number of nitrogens with zero attached hydrogens (tertiary/aromatic N) is 1. The predicted molar refractivity (Wildman–Crippen MR) is 70.8 cm³/mol. The first kappa shape index (κ1) is 14.4. The van der Waals surface area contributed by atoms with Crippen LogP contribution in [0, 0.1) is 15.9 Å². The van der Waals surface area contributed by atoms with E-state index in [1.165, 1.54) is 30.3 Å². The Balaban J connectivity index is 2.23. The van der Waals surface area contributed by atoms with Gasteiger partial charge in [-0.3, -0.25) is 10.1 Å². The Hall–Kier alpha value is -2.96. The summed E-state index contributed by atoms with van der Waals surface area (Å²) in [4.78, 5) is 21.0. The van der Waals surface area contributed by atoms with Crippen LogP contribution in [0.2, 0.25) is 0 Å². The molecule has 0 aliphatic carbocycles. The van der Waals surface area contributed by atoms with Gasteiger partial charge < -0.3 is 9.84 Å². The van der Waals surface area contributed by atoms with E-state index >= 15 is 0 Å². The second-order valence-electron chi connectivity index (χ2n) is 4.10. The minimum atomic E-state index is -1.39. The number of carboxylic acids is 1. The van der Waals surface area contributed by atoms with Gasteiger partial charge in [0.1, 0.15) is 12.4 Å². The molecule has 2 aromatic carbocycles. The summed E-state index contributed by atoms with van der Waals surface area (Å²) in [7, 11) is 0. The number of halogens is 1. The van der Waals surface area contributed by atoms with Gasteiger partial charge in [-0.2, -0.15) is 0 Å². The molecule has 0 aliphatic heterocycles. The molecule has 0 aromatic heterocycles. The fraction of sp³-hybridized carbons (Fsp3) is 0.0714. The summed E-state index contributed by atoms with van der Waals surface area (Å²) in [5.74, 6) is -2.31. The van der Waals surface area contributed by atoms with Gasteiger partial charge in [-0.05, 0) is 12.1 Å². The van der Waals surface area contributed by atoms with E-state index in [9.17, 15) is 19.3 Å². The van der Waals surface area contributed by atoms with Crippen LogP contribution in [0.3, 0.4) is 0 Å². The molecule has 2 aromatic rings. The molecule has 0 fully saturated rings. The maximum atomic E-state index is 13.9. The molecule has 0 saturated carbocycles. The van der Waals surface area contributed by atoms with E-state index < -0.39 is 22.3 Å². The van der Waals surface area contributed by atoms with Crippen LogP contribution in [0.25, 0.3) is 0 Å². The van der Waals surface area contributed by atoms with Crippen LogP contribution < -0.4 is 4.74 Å². The second kappa shape index (κ2) is 6.00. The van der Waals surface area contributed by atoms with Crippen LogP contribution in [-0.4, -0.2) is 16.0 Å². The second-order valence-corrected chi connectivity index (χ2v) is 4.10. The number of hydrogen-bond donors (Lipinski definition) is 1. The largest absolute Gasteiger partial charge is 0.482 e. The first-order chi connectivity index (χ1) is 10.0. The van der Waals surface area contributed by atoms with E-state index in [1.807, 2.05) is 0 Å². The third kappa shape index (κ3) is 3.14. The van der Waals surface area contributed by atoms with E-state index in [0.717, 1.165) is 6.07 Å². The zero-order chi connectivity index (χ0) is 15.4. The van der Waals surface area contributed by atoms with Gasteiger partial charge in [-0.25, -0.2) is 9.18 Å². The van der Waals surface area contributed by atoms with Crippen LogP contribution >= 0.6 is 0 Å². The number of ether oxygens (including phenoxy) is 1. The highest BCUT2D eigenvalue weighted by molar-refractivity contribution is 5.88. The highest BCUT2D eigenvalue weighted by Crippen LogP contribution is 2.27. The number of hydrogen-bond acceptors (Lipinski definition) is 4. The number of carbonyl (C=O) groups is 1. The third-order valence-electron chi connectivity index (χ3n) is 2.75. The Bertz CT molecular complexity index is 702. The molecule has 0 saturated heterocycles. The molecule has 21 heavy (non-hydrogen) atoms. The van der Waals surface area contributed by atoms with Crippen LogP contribution in [0.1, 0.15) is 15.9 Å². The molecule has 6 nitrogen and oxygen atoms in total. The summed E-state index contributed by atoms with van der Waals surface area (Å²) < 4.78 is 19.1. The molecule has 7 heteroatoms. The van der Waals surface area contributed by atoms with Crippen molar-refractivity contribution < 1.29 is 24.0 Å². The number of nitro groups is 1. The molecule has 0 bridgehead atoms. The minimum absolute atomic E-state index is 0.00745. The van der Waals surface area contributed by atoms with E-state index in [2.05, 4.69) is 0 Å². The fourth-order valence-corrected chi connectivity index (χ4v) is 1.74. The Labute approximate surface area is 118 Å². The lowest BCUT2D eigenvalue weighted by atomic mass is 10.1. The van der Waals surface area contributed by atoms with Crippen molar-refractivity contribution in [2.45, 2.75) is 6.61 Å². The number of carboxylic acid groups (broad SMARTS) is 1. The molecule has 108 valence electrons. The SMILES string of the molecule is O=C(O)c1cccc(COc2ccccc2[N+](=O)[O-])c1F. The van der Waals surface area contributed by atoms with Crippen molar-refractivity contribution in [3.63, 3.8) is 0 Å². The van der Waals surface area contributed by atoms with Crippen molar-refractivity contribution in [2.24, 2.45) is 0 Å². The summed E-state index contributed by atoms with van der Waals surface area (Å²) in [5.41, 5.74) is -0.709. The molecule has 0 spiro atoms. The quantitative estimate of drug-likeness (QED) is 0.675. The van der Waals surface area contributed by atoms with Crippen molar-refractivity contribution in [1.82, 2.24) is 0 Å². The lowest BCUT2D eigenvalue weighted by Gasteiger charge is -2.08. The smallest absolute Gasteiger partial charge is 0.338 e. The van der Waals surface area contributed by atoms with Gasteiger partial charge in [0.25, 0.3) is 0 Å². The zero-order valence-electron chi connectivity index (χ0n) is 10.7. The summed E-state index contributed by atoms with van der Waals surface area (Å²) in [6.07, 6.45) is 0. The topological polar surface area (TPSA) is 89.7 Å². The van der Waals surface area contributed by atoms with Crippen molar-refractivity contribution in [2.75, 3.05) is 0 Å². The average molecular weight is 291 g/mol. The van der Waals surface area contributed by atoms with Crippen LogP contribution in [0.15, 0.2) is 42.5 Å². The molecular weight excluding hydrogens is 281 g/mol. The first-order valence-electron chi connectivity index (χ1n) is 5.87. The van der Waals surface area contributed by atoms with Gasteiger partial charge in [0, 0.05) is 11.6 Å². The Morgan fingerprint density at radius 1 is 1.24 bits per heavy atom. The number of aromatic carboxylic acids is 1. The van der Waals surface area contributed by atoms with Crippen molar-refractivity contribution >= 4 is 11.7 Å². The Kier molecular flexibility index (Phi) is 4.13. The fourth-order valence-electron chi connectivity index (χ4n) is 1.74. The minimum Gasteiger partial charge on any atom is -0.482 e. The maximum absolute atomic E-state index is 13.9. The van der Waals surface area contributed by atoms with E-state index in [4.69, 9.17) is 9.84 Å². The molecule has 1 N–H and O–H groups in total. The standard InChI is InChI=1S/C14H10FNO5/c15-13-9(4-3-5-10(13)14(17)18)8-21-12-7-2-1-6-11(12)16(19)20/h1-7H,8H2,(H,17,18). The van der Waals surface area contributed by atoms with Crippen LogP contribution in [0.5, 0.6) is 5.75 Å². The molecule has 0 aliphatic rings. The summed E-state index contributed by atoms with van der Waals surface area (Å²) in [5, 5.41) is 19.6. The molecule has 0 radical (unpaired) electrons. The zero-order valence-corrected chi connectivity index (χ0v) is 10.7. The summed E-state index contributed by atoms with van der Waals surface area (Å²) >= 11 is 0. The average Bonchev–Trinajstić information content (AvgIpc) is 2.46. The van der Waals surface area contributed by atoms with Gasteiger partial charge >= 0.3 is 11.7 Å². The lowest BCUT2D eigenvalue weighted by Crippen LogP contribution is -2.06. The monoisotopic (exact) mass is 291 g/mol. The van der Waals surface area contributed by atoms with Gasteiger partial charge in [0.05, 0.1) is 10.5 Å². The van der Waals surface area contributed by atoms with Gasteiger partial charge in [-0.15, -0.1) is 0 Å². The number of para-hydroxylation sites is 2. The highest BCUT2D eigenvalue weighted by atomic mass is 19.1. The van der Waals surface area contributed by atoms with Crippen LogP contribution in [0.4, 0.5) is 10.1 Å². The Morgan fingerprint density at radius 3 is 2.62 bits per heavy atom. The number of benzene rings is 2.